The Morgan fingerprint density at radius 3 is 2.75 bits per heavy atom. The van der Waals surface area contributed by atoms with Gasteiger partial charge in [0.15, 0.2) is 0 Å². The van der Waals surface area contributed by atoms with Gasteiger partial charge < -0.3 is 15.0 Å². The lowest BCUT2D eigenvalue weighted by atomic mass is 9.97. The first-order chi connectivity index (χ1) is 13.6. The summed E-state index contributed by atoms with van der Waals surface area (Å²) in [5, 5.41) is 2.93. The molecule has 1 unspecified atom stereocenters. The fourth-order valence-electron chi connectivity index (χ4n) is 3.26. The molecule has 0 saturated carbocycles. The van der Waals surface area contributed by atoms with Crippen LogP contribution >= 0.6 is 15.9 Å². The van der Waals surface area contributed by atoms with E-state index in [2.05, 4.69) is 21.2 Å². The monoisotopic (exact) mass is 442 g/mol. The van der Waals surface area contributed by atoms with Crippen LogP contribution in [0.15, 0.2) is 59.1 Å². The number of piperidine rings is 1. The van der Waals surface area contributed by atoms with E-state index in [1.807, 2.05) is 48.5 Å². The van der Waals surface area contributed by atoms with Crippen molar-refractivity contribution in [1.82, 2.24) is 4.90 Å². The zero-order valence-electron chi connectivity index (χ0n) is 15.7. The summed E-state index contributed by atoms with van der Waals surface area (Å²) in [5.74, 6) is 0.360. The van der Waals surface area contributed by atoms with E-state index >= 15 is 0 Å². The second kappa shape index (κ2) is 9.55. The highest BCUT2D eigenvalue weighted by atomic mass is 79.9. The Hall–Kier alpha value is -2.60. The molecular weight excluding hydrogens is 420 g/mol. The zero-order chi connectivity index (χ0) is 19.9. The molecule has 0 spiro atoms. The summed E-state index contributed by atoms with van der Waals surface area (Å²) < 4.78 is 6.25. The Labute approximate surface area is 173 Å². The summed E-state index contributed by atoms with van der Waals surface area (Å²) in [5.41, 5.74) is 1.60. The van der Waals surface area contributed by atoms with Crippen molar-refractivity contribution < 1.29 is 14.3 Å². The van der Waals surface area contributed by atoms with Crippen molar-refractivity contribution >= 4 is 39.5 Å². The van der Waals surface area contributed by atoms with Crippen LogP contribution in [0.5, 0.6) is 5.75 Å². The molecule has 1 saturated heterocycles. The average Bonchev–Trinajstić information content (AvgIpc) is 2.73. The first-order valence-corrected chi connectivity index (χ1v) is 10.0. The molecule has 0 aliphatic carbocycles. The van der Waals surface area contributed by atoms with Crippen LogP contribution in [0.4, 0.5) is 5.69 Å². The first kappa shape index (κ1) is 20.1. The minimum absolute atomic E-state index is 0.0404. The lowest BCUT2D eigenvalue weighted by molar-refractivity contribution is -0.130. The molecule has 5 nitrogen and oxygen atoms in total. The van der Waals surface area contributed by atoms with E-state index in [0.29, 0.717) is 18.8 Å². The first-order valence-electron chi connectivity index (χ1n) is 9.23. The largest absolute Gasteiger partial charge is 0.496 e. The number of benzene rings is 2. The number of methoxy groups -OCH3 is 1. The fourth-order valence-corrected chi connectivity index (χ4v) is 3.64. The molecule has 1 atom stereocenters. The van der Waals surface area contributed by atoms with Crippen LogP contribution in [0, 0.1) is 5.92 Å². The SMILES string of the molecule is COc1ccc(Br)cc1/C=C/C(=O)N1CCCC(C(=O)Nc2ccccc2)C1. The van der Waals surface area contributed by atoms with Crippen LogP contribution in [-0.4, -0.2) is 36.9 Å². The van der Waals surface area contributed by atoms with Crippen molar-refractivity contribution in [2.45, 2.75) is 12.8 Å². The Balaban J connectivity index is 1.63. The molecule has 2 aromatic rings. The minimum atomic E-state index is -0.202. The summed E-state index contributed by atoms with van der Waals surface area (Å²) in [6, 6.07) is 15.0. The van der Waals surface area contributed by atoms with Crippen molar-refractivity contribution in [1.29, 1.82) is 0 Å². The third-order valence-electron chi connectivity index (χ3n) is 4.74. The van der Waals surface area contributed by atoms with Crippen LogP contribution in [0.2, 0.25) is 0 Å². The van der Waals surface area contributed by atoms with Crippen LogP contribution in [0.25, 0.3) is 6.08 Å². The van der Waals surface area contributed by atoms with Gasteiger partial charge in [-0.1, -0.05) is 34.1 Å². The molecule has 2 amide bonds. The summed E-state index contributed by atoms with van der Waals surface area (Å²) in [4.78, 5) is 26.9. The molecule has 3 rings (SSSR count). The van der Waals surface area contributed by atoms with Gasteiger partial charge in [-0.3, -0.25) is 9.59 Å². The third-order valence-corrected chi connectivity index (χ3v) is 5.24. The van der Waals surface area contributed by atoms with Crippen molar-refractivity contribution in [3.8, 4) is 5.75 Å². The molecule has 6 heteroatoms. The Bertz CT molecular complexity index is 867. The number of carbonyl (C=O) groups excluding carboxylic acids is 2. The smallest absolute Gasteiger partial charge is 0.246 e. The van der Waals surface area contributed by atoms with E-state index in [9.17, 15) is 9.59 Å². The van der Waals surface area contributed by atoms with Gasteiger partial charge in [-0.25, -0.2) is 0 Å². The fraction of sp³-hybridized carbons (Fsp3) is 0.273. The summed E-state index contributed by atoms with van der Waals surface area (Å²) in [7, 11) is 1.60. The Morgan fingerprint density at radius 1 is 1.21 bits per heavy atom. The number of rotatable bonds is 5. The van der Waals surface area contributed by atoms with Crippen molar-refractivity contribution in [2.75, 3.05) is 25.5 Å². The van der Waals surface area contributed by atoms with Gasteiger partial charge in [0, 0.05) is 34.9 Å². The molecule has 1 aliphatic rings. The number of nitrogens with zero attached hydrogens (tertiary/aromatic N) is 1. The van der Waals surface area contributed by atoms with E-state index in [1.165, 1.54) is 0 Å². The standard InChI is InChI=1S/C22H23BrN2O3/c1-28-20-11-10-18(23)14-16(20)9-12-21(26)25-13-5-6-17(15-25)22(27)24-19-7-3-2-4-8-19/h2-4,7-12,14,17H,5-6,13,15H2,1H3,(H,24,27)/b12-9+. The maximum absolute atomic E-state index is 12.6. The maximum atomic E-state index is 12.6. The summed E-state index contributed by atoms with van der Waals surface area (Å²) in [6.45, 7) is 1.09. The molecule has 28 heavy (non-hydrogen) atoms. The molecule has 0 bridgehead atoms. The highest BCUT2D eigenvalue weighted by Crippen LogP contribution is 2.25. The van der Waals surface area contributed by atoms with E-state index in [0.717, 1.165) is 28.6 Å². The van der Waals surface area contributed by atoms with E-state index < -0.39 is 0 Å². The molecule has 1 heterocycles. The number of nitrogens with one attached hydrogen (secondary N) is 1. The summed E-state index contributed by atoms with van der Waals surface area (Å²) in [6.07, 6.45) is 4.89. The lowest BCUT2D eigenvalue weighted by Gasteiger charge is -2.31. The normalized spacial score (nSPS) is 16.8. The van der Waals surface area contributed by atoms with Gasteiger partial charge in [0.2, 0.25) is 11.8 Å². The summed E-state index contributed by atoms with van der Waals surface area (Å²) >= 11 is 3.43. The van der Waals surface area contributed by atoms with Crippen LogP contribution < -0.4 is 10.1 Å². The minimum Gasteiger partial charge on any atom is -0.496 e. The quantitative estimate of drug-likeness (QED) is 0.700. The number of ether oxygens (including phenoxy) is 1. The Kier molecular flexibility index (Phi) is 6.87. The van der Waals surface area contributed by atoms with Gasteiger partial charge in [-0.15, -0.1) is 0 Å². The van der Waals surface area contributed by atoms with Gasteiger partial charge in [0.05, 0.1) is 13.0 Å². The molecule has 1 fully saturated rings. The molecule has 1 N–H and O–H groups in total. The molecule has 0 aromatic heterocycles. The number of anilines is 1. The Morgan fingerprint density at radius 2 is 2.00 bits per heavy atom. The second-order valence-electron chi connectivity index (χ2n) is 6.70. The molecule has 1 aliphatic heterocycles. The van der Waals surface area contributed by atoms with Crippen LogP contribution in [0.3, 0.4) is 0 Å². The maximum Gasteiger partial charge on any atom is 0.246 e. The van der Waals surface area contributed by atoms with Gasteiger partial charge >= 0.3 is 0 Å². The molecule has 146 valence electrons. The topological polar surface area (TPSA) is 58.6 Å². The number of likely N-dealkylation sites (tertiary alicyclic amines) is 1. The van der Waals surface area contributed by atoms with Gasteiger partial charge in [0.1, 0.15) is 5.75 Å². The van der Waals surface area contributed by atoms with Gasteiger partial charge in [-0.05, 0) is 49.2 Å². The van der Waals surface area contributed by atoms with Crippen molar-refractivity contribution in [3.63, 3.8) is 0 Å². The molecule has 2 aromatic carbocycles. The number of hydrogen-bond acceptors (Lipinski definition) is 3. The molecule has 0 radical (unpaired) electrons. The van der Waals surface area contributed by atoms with E-state index in [1.54, 1.807) is 24.2 Å². The van der Waals surface area contributed by atoms with Gasteiger partial charge in [-0.2, -0.15) is 0 Å². The van der Waals surface area contributed by atoms with E-state index in [-0.39, 0.29) is 17.7 Å². The predicted molar refractivity (Wildman–Crippen MR) is 114 cm³/mol. The van der Waals surface area contributed by atoms with Crippen molar-refractivity contribution in [3.05, 3.63) is 64.6 Å². The molecular formula is C22H23BrN2O3. The average molecular weight is 443 g/mol. The zero-order valence-corrected chi connectivity index (χ0v) is 17.3. The van der Waals surface area contributed by atoms with Crippen LogP contribution in [-0.2, 0) is 9.59 Å². The highest BCUT2D eigenvalue weighted by Gasteiger charge is 2.27. The highest BCUT2D eigenvalue weighted by molar-refractivity contribution is 9.10. The predicted octanol–water partition coefficient (Wildman–Crippen LogP) is 4.35. The second-order valence-corrected chi connectivity index (χ2v) is 7.61. The van der Waals surface area contributed by atoms with Gasteiger partial charge in [0.25, 0.3) is 0 Å². The number of hydrogen-bond donors (Lipinski definition) is 1. The van der Waals surface area contributed by atoms with E-state index in [4.69, 9.17) is 4.74 Å². The van der Waals surface area contributed by atoms with Crippen LogP contribution in [0.1, 0.15) is 18.4 Å². The number of amides is 2. The number of carbonyl (C=O) groups is 2. The number of para-hydroxylation sites is 1. The lowest BCUT2D eigenvalue weighted by Crippen LogP contribution is -2.43. The number of halogens is 1. The van der Waals surface area contributed by atoms with Crippen molar-refractivity contribution in [2.24, 2.45) is 5.92 Å². The third kappa shape index (κ3) is 5.23.